The van der Waals surface area contributed by atoms with Gasteiger partial charge in [-0.2, -0.15) is 18.3 Å². The molecule has 0 atom stereocenters. The van der Waals surface area contributed by atoms with E-state index in [1.807, 2.05) is 12.1 Å². The fourth-order valence-corrected chi connectivity index (χ4v) is 2.48. The van der Waals surface area contributed by atoms with Gasteiger partial charge in [0, 0.05) is 25.1 Å². The Bertz CT molecular complexity index is 977. The van der Waals surface area contributed by atoms with Gasteiger partial charge in [0.05, 0.1) is 5.69 Å². The Hall–Kier alpha value is -3.36. The Morgan fingerprint density at radius 3 is 2.44 bits per heavy atom. The number of aromatic nitrogens is 3. The van der Waals surface area contributed by atoms with Crippen molar-refractivity contribution in [3.63, 3.8) is 0 Å². The molecule has 1 aromatic carbocycles. The summed E-state index contributed by atoms with van der Waals surface area (Å²) >= 11 is 0. The van der Waals surface area contributed by atoms with Crippen LogP contribution in [-0.2, 0) is 24.1 Å². The second kappa shape index (κ2) is 7.48. The lowest BCUT2D eigenvalue weighted by atomic mass is 10.2. The molecule has 0 unspecified atom stereocenters. The van der Waals surface area contributed by atoms with Crippen LogP contribution in [0, 0.1) is 0 Å². The van der Waals surface area contributed by atoms with E-state index in [9.17, 15) is 22.8 Å². The summed E-state index contributed by atoms with van der Waals surface area (Å²) in [6, 6.07) is 10.8. The number of alkyl halides is 3. The molecule has 0 fully saturated rings. The molecular formula is C18H15F3N4O2. The summed E-state index contributed by atoms with van der Waals surface area (Å²) in [5, 5.41) is 6.69. The summed E-state index contributed by atoms with van der Waals surface area (Å²) in [5.41, 5.74) is -0.892. The van der Waals surface area contributed by atoms with E-state index >= 15 is 0 Å². The molecule has 27 heavy (non-hydrogen) atoms. The zero-order chi connectivity index (χ0) is 19.4. The third-order valence-electron chi connectivity index (χ3n) is 3.83. The number of benzene rings is 1. The van der Waals surface area contributed by atoms with E-state index in [4.69, 9.17) is 0 Å². The average Bonchev–Trinajstić information content (AvgIpc) is 3.16. The second-order valence-corrected chi connectivity index (χ2v) is 5.75. The predicted octanol–water partition coefficient (Wildman–Crippen LogP) is 2.37. The molecular weight excluding hydrogens is 361 g/mol. The van der Waals surface area contributed by atoms with Gasteiger partial charge in [-0.25, -0.2) is 4.68 Å². The van der Waals surface area contributed by atoms with Gasteiger partial charge in [0.15, 0.2) is 0 Å². The maximum absolute atomic E-state index is 12.8. The average molecular weight is 376 g/mol. The Kier molecular flexibility index (Phi) is 5.11. The van der Waals surface area contributed by atoms with Gasteiger partial charge in [0.1, 0.15) is 12.1 Å². The van der Waals surface area contributed by atoms with Crippen LogP contribution in [0.3, 0.4) is 0 Å². The van der Waals surface area contributed by atoms with E-state index in [0.717, 1.165) is 28.1 Å². The minimum atomic E-state index is -4.76. The molecule has 3 rings (SSSR count). The topological polar surface area (TPSA) is 68.9 Å². The first-order valence-corrected chi connectivity index (χ1v) is 7.97. The van der Waals surface area contributed by atoms with Gasteiger partial charge in [-0.15, -0.1) is 0 Å². The zero-order valence-electron chi connectivity index (χ0n) is 14.0. The van der Waals surface area contributed by atoms with E-state index in [2.05, 4.69) is 10.4 Å². The number of rotatable bonds is 5. The smallest absolute Gasteiger partial charge is 0.350 e. The van der Waals surface area contributed by atoms with Crippen LogP contribution in [0.2, 0.25) is 0 Å². The van der Waals surface area contributed by atoms with E-state index < -0.39 is 29.8 Å². The van der Waals surface area contributed by atoms with Crippen LogP contribution in [0.15, 0.2) is 65.8 Å². The highest BCUT2D eigenvalue weighted by Gasteiger charge is 2.34. The summed E-state index contributed by atoms with van der Waals surface area (Å²) in [5.74, 6) is -0.562. The van der Waals surface area contributed by atoms with Crippen LogP contribution in [0.5, 0.6) is 0 Å². The first-order valence-electron chi connectivity index (χ1n) is 7.97. The Morgan fingerprint density at radius 1 is 1.07 bits per heavy atom. The van der Waals surface area contributed by atoms with Gasteiger partial charge in [-0.05, 0) is 35.9 Å². The van der Waals surface area contributed by atoms with E-state index in [1.165, 1.54) is 0 Å². The van der Waals surface area contributed by atoms with E-state index in [-0.39, 0.29) is 6.54 Å². The third-order valence-corrected chi connectivity index (χ3v) is 3.83. The Labute approximate surface area is 151 Å². The van der Waals surface area contributed by atoms with Crippen LogP contribution in [0.25, 0.3) is 5.69 Å². The molecule has 140 valence electrons. The number of halogens is 3. The van der Waals surface area contributed by atoms with Crippen LogP contribution >= 0.6 is 0 Å². The standard InChI is InChI=1S/C18H15F3N4O2/c19-18(20,21)15-3-1-9-24(17(15)27)12-16(26)22-11-13-4-6-14(7-5-13)25-10-2-8-23-25/h1-10H,11-12H2,(H,22,26). The van der Waals surface area contributed by atoms with Crippen molar-refractivity contribution in [2.45, 2.75) is 19.3 Å². The molecule has 0 aliphatic carbocycles. The summed E-state index contributed by atoms with van der Waals surface area (Å²) < 4.78 is 40.7. The van der Waals surface area contributed by atoms with Crippen LogP contribution in [0.1, 0.15) is 11.1 Å². The van der Waals surface area contributed by atoms with Crippen molar-refractivity contribution in [2.24, 2.45) is 0 Å². The highest BCUT2D eigenvalue weighted by molar-refractivity contribution is 5.75. The third kappa shape index (κ3) is 4.43. The summed E-state index contributed by atoms with van der Waals surface area (Å²) in [6.45, 7) is -0.305. The van der Waals surface area contributed by atoms with Gasteiger partial charge in [0.2, 0.25) is 5.91 Å². The monoisotopic (exact) mass is 376 g/mol. The number of carbonyl (C=O) groups excluding carboxylic acids is 1. The highest BCUT2D eigenvalue weighted by Crippen LogP contribution is 2.25. The van der Waals surface area contributed by atoms with Crippen molar-refractivity contribution < 1.29 is 18.0 Å². The first kappa shape index (κ1) is 18.4. The molecule has 6 nitrogen and oxygen atoms in total. The molecule has 0 aliphatic rings. The lowest BCUT2D eigenvalue weighted by Gasteiger charge is -2.11. The summed E-state index contributed by atoms with van der Waals surface area (Å²) in [4.78, 5) is 23.8. The Balaban J connectivity index is 1.61. The number of pyridine rings is 1. The highest BCUT2D eigenvalue weighted by atomic mass is 19.4. The van der Waals surface area contributed by atoms with Crippen LogP contribution in [0.4, 0.5) is 13.2 Å². The van der Waals surface area contributed by atoms with E-state index in [1.54, 1.807) is 35.3 Å². The van der Waals surface area contributed by atoms with Gasteiger partial charge in [-0.3, -0.25) is 9.59 Å². The van der Waals surface area contributed by atoms with E-state index in [0.29, 0.717) is 6.07 Å². The fourth-order valence-electron chi connectivity index (χ4n) is 2.48. The van der Waals surface area contributed by atoms with Crippen molar-refractivity contribution in [1.29, 1.82) is 0 Å². The van der Waals surface area contributed by atoms with Crippen molar-refractivity contribution >= 4 is 5.91 Å². The maximum atomic E-state index is 12.8. The molecule has 0 bridgehead atoms. The quantitative estimate of drug-likeness (QED) is 0.743. The summed E-state index contributed by atoms with van der Waals surface area (Å²) in [7, 11) is 0. The molecule has 1 amide bonds. The Morgan fingerprint density at radius 2 is 1.81 bits per heavy atom. The molecule has 0 spiro atoms. The number of hydrogen-bond acceptors (Lipinski definition) is 3. The number of nitrogens with one attached hydrogen (secondary N) is 1. The van der Waals surface area contributed by atoms with Gasteiger partial charge in [0.25, 0.3) is 5.56 Å². The maximum Gasteiger partial charge on any atom is 0.421 e. The van der Waals surface area contributed by atoms with Crippen molar-refractivity contribution in [3.8, 4) is 5.69 Å². The lowest BCUT2D eigenvalue weighted by molar-refractivity contribution is -0.139. The van der Waals surface area contributed by atoms with Gasteiger partial charge in [-0.1, -0.05) is 12.1 Å². The SMILES string of the molecule is O=C(Cn1cccc(C(F)(F)F)c1=O)NCc1ccc(-n2cccn2)cc1. The summed E-state index contributed by atoms with van der Waals surface area (Å²) in [6.07, 6.45) is -0.156. The molecule has 0 radical (unpaired) electrons. The van der Waals surface area contributed by atoms with Crippen LogP contribution in [-0.4, -0.2) is 20.3 Å². The molecule has 3 aromatic rings. The normalized spacial score (nSPS) is 11.4. The number of hydrogen-bond donors (Lipinski definition) is 1. The first-order chi connectivity index (χ1) is 12.8. The minimum absolute atomic E-state index is 0.186. The molecule has 0 aliphatic heterocycles. The largest absolute Gasteiger partial charge is 0.421 e. The second-order valence-electron chi connectivity index (χ2n) is 5.75. The van der Waals surface area contributed by atoms with Gasteiger partial charge < -0.3 is 9.88 Å². The number of carbonyl (C=O) groups is 1. The van der Waals surface area contributed by atoms with Gasteiger partial charge >= 0.3 is 6.18 Å². The molecule has 1 N–H and O–H groups in total. The van der Waals surface area contributed by atoms with Crippen molar-refractivity contribution in [2.75, 3.05) is 0 Å². The van der Waals surface area contributed by atoms with Crippen LogP contribution < -0.4 is 10.9 Å². The molecule has 0 saturated carbocycles. The predicted molar refractivity (Wildman–Crippen MR) is 91.1 cm³/mol. The fraction of sp³-hybridized carbons (Fsp3) is 0.167. The molecule has 2 aromatic heterocycles. The molecule has 0 saturated heterocycles. The zero-order valence-corrected chi connectivity index (χ0v) is 14.0. The molecule has 9 heteroatoms. The number of nitrogens with zero attached hydrogens (tertiary/aromatic N) is 3. The lowest BCUT2D eigenvalue weighted by Crippen LogP contribution is -2.34. The van der Waals surface area contributed by atoms with Crippen molar-refractivity contribution in [1.82, 2.24) is 19.7 Å². The number of amides is 1. The molecule has 2 heterocycles. The van der Waals surface area contributed by atoms with Crippen molar-refractivity contribution in [3.05, 3.63) is 82.5 Å². The minimum Gasteiger partial charge on any atom is -0.350 e.